The van der Waals surface area contributed by atoms with E-state index in [9.17, 15) is 22.0 Å². The number of halogens is 5. The Morgan fingerprint density at radius 1 is 0.793 bits per heavy atom. The van der Waals surface area contributed by atoms with Gasteiger partial charge in [-0.25, -0.2) is 0 Å². The minimum absolute atomic E-state index is 0.141. The second-order valence-electron chi connectivity index (χ2n) is 7.13. The van der Waals surface area contributed by atoms with Crippen molar-refractivity contribution < 1.29 is 22.0 Å². The zero-order chi connectivity index (χ0) is 20.9. The minimum Gasteiger partial charge on any atom is -0.297 e. The monoisotopic (exact) mass is 410 g/mol. The van der Waals surface area contributed by atoms with E-state index in [-0.39, 0.29) is 13.1 Å². The summed E-state index contributed by atoms with van der Waals surface area (Å²) in [6, 6.07) is 16.1. The van der Waals surface area contributed by atoms with Crippen LogP contribution in [0.4, 0.5) is 22.0 Å². The van der Waals surface area contributed by atoms with Gasteiger partial charge in [-0.3, -0.25) is 9.80 Å². The fourth-order valence-corrected chi connectivity index (χ4v) is 3.45. The third kappa shape index (κ3) is 5.42. The summed E-state index contributed by atoms with van der Waals surface area (Å²) in [7, 11) is 0. The molecule has 1 atom stereocenters. The van der Waals surface area contributed by atoms with Crippen LogP contribution in [0.25, 0.3) is 6.08 Å². The molecule has 156 valence electrons. The molecule has 0 N–H and O–H groups in total. The van der Waals surface area contributed by atoms with E-state index in [1.165, 1.54) is 11.0 Å². The molecular formula is C22H23F5N2. The van der Waals surface area contributed by atoms with Gasteiger partial charge >= 0.3 is 12.1 Å². The first-order valence-electron chi connectivity index (χ1n) is 9.45. The summed E-state index contributed by atoms with van der Waals surface area (Å²) in [6.45, 7) is 1.79. The standard InChI is InChI=1S/C22H23F5N2/c23-21(24,22(25,26)27)20(12-11-18-7-3-1-4-8-18)29-15-13-28(14-16-29)17-19-9-5-2-6-10-19/h1-12,20H,13-17H2. The van der Waals surface area contributed by atoms with Gasteiger partial charge in [-0.2, -0.15) is 22.0 Å². The summed E-state index contributed by atoms with van der Waals surface area (Å²) < 4.78 is 67.9. The Balaban J connectivity index is 1.72. The fraction of sp³-hybridized carbons (Fsp3) is 0.364. The molecule has 1 heterocycles. The van der Waals surface area contributed by atoms with E-state index in [4.69, 9.17) is 0 Å². The zero-order valence-electron chi connectivity index (χ0n) is 15.8. The quantitative estimate of drug-likeness (QED) is 0.613. The summed E-state index contributed by atoms with van der Waals surface area (Å²) in [4.78, 5) is 3.30. The van der Waals surface area contributed by atoms with Crippen molar-refractivity contribution in [2.24, 2.45) is 0 Å². The largest absolute Gasteiger partial charge is 0.455 e. The highest BCUT2D eigenvalue weighted by atomic mass is 19.4. The molecule has 0 amide bonds. The molecular weight excluding hydrogens is 387 g/mol. The lowest BCUT2D eigenvalue weighted by Crippen LogP contribution is -2.59. The third-order valence-corrected chi connectivity index (χ3v) is 5.07. The number of benzene rings is 2. The molecule has 0 radical (unpaired) electrons. The molecule has 2 aromatic carbocycles. The molecule has 3 rings (SSSR count). The third-order valence-electron chi connectivity index (χ3n) is 5.07. The van der Waals surface area contributed by atoms with Gasteiger partial charge in [0, 0.05) is 32.7 Å². The van der Waals surface area contributed by atoms with Gasteiger partial charge in [-0.1, -0.05) is 72.8 Å². The average Bonchev–Trinajstić information content (AvgIpc) is 2.70. The van der Waals surface area contributed by atoms with Gasteiger partial charge in [0.25, 0.3) is 0 Å². The van der Waals surface area contributed by atoms with Gasteiger partial charge in [-0.15, -0.1) is 0 Å². The molecule has 2 aromatic rings. The van der Waals surface area contributed by atoms with Crippen LogP contribution in [0, 0.1) is 0 Å². The van der Waals surface area contributed by atoms with Crippen LogP contribution in [-0.4, -0.2) is 54.1 Å². The Hall–Kier alpha value is -2.25. The van der Waals surface area contributed by atoms with Crippen LogP contribution in [0.2, 0.25) is 0 Å². The van der Waals surface area contributed by atoms with Gasteiger partial charge in [0.2, 0.25) is 0 Å². The maximum atomic E-state index is 14.3. The molecule has 1 aliphatic heterocycles. The first kappa shape index (κ1) is 21.5. The lowest BCUT2D eigenvalue weighted by atomic mass is 10.0. The summed E-state index contributed by atoms with van der Waals surface area (Å²) in [5.74, 6) is -4.83. The summed E-state index contributed by atoms with van der Waals surface area (Å²) >= 11 is 0. The lowest BCUT2D eigenvalue weighted by Gasteiger charge is -2.41. The van der Waals surface area contributed by atoms with Gasteiger partial charge in [-0.05, 0) is 11.1 Å². The van der Waals surface area contributed by atoms with E-state index in [1.54, 1.807) is 30.3 Å². The van der Waals surface area contributed by atoms with Crippen molar-refractivity contribution in [3.63, 3.8) is 0 Å². The first-order valence-corrected chi connectivity index (χ1v) is 9.45. The number of hydrogen-bond acceptors (Lipinski definition) is 2. The van der Waals surface area contributed by atoms with Crippen molar-refractivity contribution in [3.05, 3.63) is 77.9 Å². The number of hydrogen-bond donors (Lipinski definition) is 0. The second kappa shape index (κ2) is 9.05. The Kier molecular flexibility index (Phi) is 6.70. The van der Waals surface area contributed by atoms with E-state index in [0.29, 0.717) is 25.2 Å². The highest BCUT2D eigenvalue weighted by molar-refractivity contribution is 5.50. The molecule has 2 nitrogen and oxygen atoms in total. The molecule has 1 fully saturated rings. The molecule has 1 aliphatic rings. The Morgan fingerprint density at radius 3 is 1.90 bits per heavy atom. The van der Waals surface area contributed by atoms with Crippen molar-refractivity contribution >= 4 is 6.08 Å². The van der Waals surface area contributed by atoms with E-state index in [1.807, 2.05) is 30.3 Å². The molecule has 0 bridgehead atoms. The van der Waals surface area contributed by atoms with Crippen molar-refractivity contribution in [3.8, 4) is 0 Å². The Morgan fingerprint density at radius 2 is 1.34 bits per heavy atom. The molecule has 1 saturated heterocycles. The Bertz CT molecular complexity index is 782. The van der Waals surface area contributed by atoms with Crippen LogP contribution in [-0.2, 0) is 6.54 Å². The number of piperazine rings is 1. The normalized spacial score (nSPS) is 18.2. The van der Waals surface area contributed by atoms with E-state index in [2.05, 4.69) is 4.90 Å². The van der Waals surface area contributed by atoms with Crippen molar-refractivity contribution in [2.75, 3.05) is 26.2 Å². The van der Waals surface area contributed by atoms with Crippen LogP contribution >= 0.6 is 0 Å². The molecule has 0 saturated carbocycles. The van der Waals surface area contributed by atoms with Gasteiger partial charge in [0.05, 0.1) is 0 Å². The lowest BCUT2D eigenvalue weighted by molar-refractivity contribution is -0.298. The van der Waals surface area contributed by atoms with Crippen LogP contribution < -0.4 is 0 Å². The first-order chi connectivity index (χ1) is 13.8. The predicted octanol–water partition coefficient (Wildman–Crippen LogP) is 5.08. The Labute approximate surface area is 167 Å². The van der Waals surface area contributed by atoms with E-state index >= 15 is 0 Å². The van der Waals surface area contributed by atoms with Crippen LogP contribution in [0.1, 0.15) is 11.1 Å². The van der Waals surface area contributed by atoms with Crippen molar-refractivity contribution in [1.82, 2.24) is 9.80 Å². The predicted molar refractivity (Wildman–Crippen MR) is 104 cm³/mol. The smallest absolute Gasteiger partial charge is 0.297 e. The van der Waals surface area contributed by atoms with Gasteiger partial charge in [0.1, 0.15) is 6.04 Å². The molecule has 0 spiro atoms. The highest BCUT2D eigenvalue weighted by Crippen LogP contribution is 2.41. The summed E-state index contributed by atoms with van der Waals surface area (Å²) in [5, 5.41) is 0. The summed E-state index contributed by atoms with van der Waals surface area (Å²) in [6.07, 6.45) is -3.30. The molecule has 29 heavy (non-hydrogen) atoms. The molecule has 1 unspecified atom stereocenters. The fourth-order valence-electron chi connectivity index (χ4n) is 3.45. The summed E-state index contributed by atoms with van der Waals surface area (Å²) in [5.41, 5.74) is 1.67. The number of rotatable bonds is 6. The second-order valence-corrected chi connectivity index (χ2v) is 7.13. The maximum absolute atomic E-state index is 14.3. The van der Waals surface area contributed by atoms with Crippen LogP contribution in [0.15, 0.2) is 66.7 Å². The molecule has 7 heteroatoms. The number of alkyl halides is 5. The SMILES string of the molecule is FC(F)(F)C(F)(F)C(C=Cc1ccccc1)N1CCN(Cc2ccccc2)CC1. The van der Waals surface area contributed by atoms with Gasteiger partial charge < -0.3 is 0 Å². The average molecular weight is 410 g/mol. The van der Waals surface area contributed by atoms with E-state index < -0.39 is 18.1 Å². The van der Waals surface area contributed by atoms with E-state index in [0.717, 1.165) is 11.6 Å². The minimum atomic E-state index is -5.61. The highest BCUT2D eigenvalue weighted by Gasteiger charge is 2.63. The molecule has 0 aromatic heterocycles. The number of nitrogens with zero attached hydrogens (tertiary/aromatic N) is 2. The molecule has 0 aliphatic carbocycles. The topological polar surface area (TPSA) is 6.48 Å². The maximum Gasteiger partial charge on any atom is 0.455 e. The van der Waals surface area contributed by atoms with Crippen molar-refractivity contribution in [2.45, 2.75) is 24.7 Å². The van der Waals surface area contributed by atoms with Crippen molar-refractivity contribution in [1.29, 1.82) is 0 Å². The van der Waals surface area contributed by atoms with Crippen LogP contribution in [0.3, 0.4) is 0 Å². The zero-order valence-corrected chi connectivity index (χ0v) is 15.8. The van der Waals surface area contributed by atoms with Gasteiger partial charge in [0.15, 0.2) is 0 Å². The van der Waals surface area contributed by atoms with Crippen LogP contribution in [0.5, 0.6) is 0 Å².